The van der Waals surface area contributed by atoms with E-state index in [1.807, 2.05) is 0 Å². The van der Waals surface area contributed by atoms with E-state index in [9.17, 15) is 9.59 Å². The molecule has 0 atom stereocenters. The average molecular weight is 252 g/mol. The van der Waals surface area contributed by atoms with Crippen molar-refractivity contribution < 1.29 is 9.59 Å². The van der Waals surface area contributed by atoms with Crippen LogP contribution < -0.4 is 5.43 Å². The maximum absolute atomic E-state index is 11.6. The fourth-order valence-electron chi connectivity index (χ4n) is 2.46. The highest BCUT2D eigenvalue weighted by molar-refractivity contribution is 6.34. The summed E-state index contributed by atoms with van der Waals surface area (Å²) in [6.07, 6.45) is 7.60. The third-order valence-electron chi connectivity index (χ3n) is 3.53. The Balaban J connectivity index is 1.73. The van der Waals surface area contributed by atoms with Crippen LogP contribution >= 0.6 is 0 Å². The summed E-state index contributed by atoms with van der Waals surface area (Å²) in [6, 6.07) is 0.209. The molecular weight excluding hydrogens is 232 g/mol. The monoisotopic (exact) mass is 252 g/mol. The van der Waals surface area contributed by atoms with Gasteiger partial charge in [-0.2, -0.15) is 5.11 Å². The van der Waals surface area contributed by atoms with E-state index in [0.717, 1.165) is 25.7 Å². The van der Waals surface area contributed by atoms with Crippen molar-refractivity contribution in [1.82, 2.24) is 10.3 Å². The maximum Gasteiger partial charge on any atom is 0.330 e. The predicted molar refractivity (Wildman–Crippen MR) is 65.7 cm³/mol. The third kappa shape index (κ3) is 3.51. The fourth-order valence-corrected chi connectivity index (χ4v) is 2.46. The molecule has 2 aliphatic rings. The van der Waals surface area contributed by atoms with E-state index in [4.69, 9.17) is 0 Å². The van der Waals surface area contributed by atoms with Gasteiger partial charge in [0.25, 0.3) is 0 Å². The van der Waals surface area contributed by atoms with Gasteiger partial charge in [-0.3, -0.25) is 9.59 Å². The Bertz CT molecular complexity index is 331. The van der Waals surface area contributed by atoms with Crippen molar-refractivity contribution in [3.05, 3.63) is 0 Å². The summed E-state index contributed by atoms with van der Waals surface area (Å²) >= 11 is 0. The van der Waals surface area contributed by atoms with Gasteiger partial charge in [0.15, 0.2) is 0 Å². The topological polar surface area (TPSA) is 74.1 Å². The van der Waals surface area contributed by atoms with Crippen LogP contribution in [-0.4, -0.2) is 35.8 Å². The Kier molecular flexibility index (Phi) is 4.66. The molecule has 2 rings (SSSR count). The number of likely N-dealkylation sites (tertiary alicyclic amines) is 1. The molecule has 1 heterocycles. The molecular formula is C12H20N4O2. The van der Waals surface area contributed by atoms with Gasteiger partial charge in [-0.15, -0.1) is 0 Å². The molecule has 1 saturated carbocycles. The predicted octanol–water partition coefficient (Wildman–Crippen LogP) is 1.42. The van der Waals surface area contributed by atoms with E-state index in [2.05, 4.69) is 15.8 Å². The minimum Gasteiger partial charge on any atom is -0.334 e. The number of nitrogens with zero attached hydrogens (tertiary/aromatic N) is 3. The minimum absolute atomic E-state index is 0.209. The van der Waals surface area contributed by atoms with Crippen molar-refractivity contribution in [2.45, 2.75) is 51.0 Å². The highest BCUT2D eigenvalue weighted by atomic mass is 16.2. The van der Waals surface area contributed by atoms with E-state index in [0.29, 0.717) is 13.1 Å². The summed E-state index contributed by atoms with van der Waals surface area (Å²) in [5, 5.41) is 7.72. The van der Waals surface area contributed by atoms with E-state index in [1.54, 1.807) is 4.90 Å². The number of amides is 2. The third-order valence-corrected chi connectivity index (χ3v) is 3.53. The molecule has 6 nitrogen and oxygen atoms in total. The molecule has 1 aliphatic carbocycles. The number of nitrogens with one attached hydrogen (secondary N) is 1. The first-order chi connectivity index (χ1) is 8.77. The van der Waals surface area contributed by atoms with Crippen LogP contribution in [-0.2, 0) is 9.59 Å². The summed E-state index contributed by atoms with van der Waals surface area (Å²) < 4.78 is 0. The number of hydrogen-bond acceptors (Lipinski definition) is 4. The lowest BCUT2D eigenvalue weighted by atomic mass is 9.96. The fraction of sp³-hybridized carbons (Fsp3) is 0.833. The second-order valence-corrected chi connectivity index (χ2v) is 4.95. The van der Waals surface area contributed by atoms with Crippen LogP contribution in [0.1, 0.15) is 44.9 Å². The SMILES string of the molecule is O=C(NN=NC1CCCCC1)C(=O)N1CCCC1. The molecule has 2 fully saturated rings. The van der Waals surface area contributed by atoms with Gasteiger partial charge in [-0.1, -0.05) is 24.5 Å². The van der Waals surface area contributed by atoms with E-state index >= 15 is 0 Å². The van der Waals surface area contributed by atoms with Gasteiger partial charge < -0.3 is 4.90 Å². The zero-order chi connectivity index (χ0) is 12.8. The number of carbonyl (C=O) groups excluding carboxylic acids is 2. The molecule has 0 aromatic carbocycles. The standard InChI is InChI=1S/C12H20N4O2/c17-11(12(18)16-8-4-5-9-16)14-15-13-10-6-2-1-3-7-10/h10H,1-9H2,(H,13,14,17). The van der Waals surface area contributed by atoms with Crippen molar-refractivity contribution in [1.29, 1.82) is 0 Å². The van der Waals surface area contributed by atoms with Crippen molar-refractivity contribution >= 4 is 11.8 Å². The van der Waals surface area contributed by atoms with Crippen molar-refractivity contribution in [2.24, 2.45) is 10.3 Å². The van der Waals surface area contributed by atoms with Gasteiger partial charge in [-0.25, -0.2) is 5.43 Å². The minimum atomic E-state index is -0.670. The largest absolute Gasteiger partial charge is 0.334 e. The van der Waals surface area contributed by atoms with Crippen LogP contribution in [0.5, 0.6) is 0 Å². The number of hydrogen-bond donors (Lipinski definition) is 1. The molecule has 18 heavy (non-hydrogen) atoms. The van der Waals surface area contributed by atoms with Crippen LogP contribution in [0.15, 0.2) is 10.3 Å². The van der Waals surface area contributed by atoms with Crippen LogP contribution in [0.3, 0.4) is 0 Å². The molecule has 2 amide bonds. The molecule has 0 aromatic heterocycles. The Morgan fingerprint density at radius 3 is 2.33 bits per heavy atom. The highest BCUT2D eigenvalue weighted by Crippen LogP contribution is 2.20. The Morgan fingerprint density at radius 1 is 1.00 bits per heavy atom. The maximum atomic E-state index is 11.6. The zero-order valence-corrected chi connectivity index (χ0v) is 10.6. The quantitative estimate of drug-likeness (QED) is 0.458. The lowest BCUT2D eigenvalue weighted by Crippen LogP contribution is -2.39. The molecule has 1 aliphatic heterocycles. The Labute approximate surface area is 107 Å². The smallest absolute Gasteiger partial charge is 0.330 e. The molecule has 100 valence electrons. The second-order valence-electron chi connectivity index (χ2n) is 4.95. The Hall–Kier alpha value is -1.46. The molecule has 0 spiro atoms. The molecule has 6 heteroatoms. The van der Waals surface area contributed by atoms with Gasteiger partial charge in [0, 0.05) is 13.1 Å². The van der Waals surface area contributed by atoms with Gasteiger partial charge >= 0.3 is 11.8 Å². The summed E-state index contributed by atoms with van der Waals surface area (Å²) in [6.45, 7) is 1.35. The van der Waals surface area contributed by atoms with Gasteiger partial charge in [0.1, 0.15) is 0 Å². The first-order valence-electron chi connectivity index (χ1n) is 6.76. The number of rotatable bonds is 2. The molecule has 0 unspecified atom stereocenters. The molecule has 1 saturated heterocycles. The van der Waals surface area contributed by atoms with Crippen molar-refractivity contribution in [3.63, 3.8) is 0 Å². The van der Waals surface area contributed by atoms with Gasteiger partial charge in [0.05, 0.1) is 6.04 Å². The zero-order valence-electron chi connectivity index (χ0n) is 10.6. The summed E-state index contributed by atoms with van der Waals surface area (Å²) in [7, 11) is 0. The van der Waals surface area contributed by atoms with Crippen LogP contribution in [0, 0.1) is 0 Å². The molecule has 0 radical (unpaired) electrons. The lowest BCUT2D eigenvalue weighted by Gasteiger charge is -2.16. The molecule has 0 bridgehead atoms. The summed E-state index contributed by atoms with van der Waals surface area (Å²) in [5.41, 5.74) is 2.23. The average Bonchev–Trinajstić information content (AvgIpc) is 2.93. The van der Waals surface area contributed by atoms with E-state index in [1.165, 1.54) is 19.3 Å². The van der Waals surface area contributed by atoms with Gasteiger partial charge in [-0.05, 0) is 25.7 Å². The first kappa shape index (κ1) is 13.0. The lowest BCUT2D eigenvalue weighted by molar-refractivity contribution is -0.145. The summed E-state index contributed by atoms with van der Waals surface area (Å²) in [4.78, 5) is 24.7. The van der Waals surface area contributed by atoms with E-state index in [-0.39, 0.29) is 6.04 Å². The Morgan fingerprint density at radius 2 is 1.67 bits per heavy atom. The van der Waals surface area contributed by atoms with Crippen molar-refractivity contribution in [2.75, 3.05) is 13.1 Å². The highest BCUT2D eigenvalue weighted by Gasteiger charge is 2.24. The normalized spacial score (nSPS) is 21.4. The molecule has 0 aromatic rings. The second kappa shape index (κ2) is 6.47. The van der Waals surface area contributed by atoms with Gasteiger partial charge in [0.2, 0.25) is 0 Å². The van der Waals surface area contributed by atoms with Crippen molar-refractivity contribution in [3.8, 4) is 0 Å². The first-order valence-corrected chi connectivity index (χ1v) is 6.76. The van der Waals surface area contributed by atoms with Crippen LogP contribution in [0.25, 0.3) is 0 Å². The number of carbonyl (C=O) groups is 2. The van der Waals surface area contributed by atoms with Crippen LogP contribution in [0.2, 0.25) is 0 Å². The summed E-state index contributed by atoms with van der Waals surface area (Å²) in [5.74, 6) is -1.16. The molecule has 1 N–H and O–H groups in total. The van der Waals surface area contributed by atoms with E-state index < -0.39 is 11.8 Å². The van der Waals surface area contributed by atoms with Crippen LogP contribution in [0.4, 0.5) is 0 Å².